The first-order valence-electron chi connectivity index (χ1n) is 9.34. The maximum atomic E-state index is 12.8. The van der Waals surface area contributed by atoms with Gasteiger partial charge in [0.15, 0.2) is 15.6 Å². The van der Waals surface area contributed by atoms with E-state index in [1.165, 1.54) is 0 Å². The van der Waals surface area contributed by atoms with Gasteiger partial charge in [-0.1, -0.05) is 47.1 Å². The van der Waals surface area contributed by atoms with Crippen molar-refractivity contribution in [1.29, 1.82) is 0 Å². The number of carbonyl (C=O) groups is 1. The topological polar surface area (TPSA) is 89.3 Å². The summed E-state index contributed by atoms with van der Waals surface area (Å²) in [6.07, 6.45) is -0.0979. The Morgan fingerprint density at radius 3 is 2.41 bits per heavy atom. The van der Waals surface area contributed by atoms with Crippen LogP contribution >= 0.6 is 0 Å². The zero-order valence-electron chi connectivity index (χ0n) is 16.7. The van der Waals surface area contributed by atoms with Crippen LogP contribution in [0.1, 0.15) is 28.8 Å². The van der Waals surface area contributed by atoms with E-state index >= 15 is 0 Å². The van der Waals surface area contributed by atoms with Gasteiger partial charge in [0, 0.05) is 24.6 Å². The summed E-state index contributed by atoms with van der Waals surface area (Å²) in [5, 5.41) is 6.61. The molecule has 152 valence electrons. The number of rotatable bonds is 7. The third kappa shape index (κ3) is 5.32. The maximum Gasteiger partial charge on any atom is 0.221 e. The molecule has 7 heteroatoms. The van der Waals surface area contributed by atoms with E-state index in [1.54, 1.807) is 38.1 Å². The Bertz CT molecular complexity index is 1120. The highest BCUT2D eigenvalue weighted by Crippen LogP contribution is 2.26. The van der Waals surface area contributed by atoms with Crippen LogP contribution in [0.2, 0.25) is 0 Å². The number of hydrogen-bond acceptors (Lipinski definition) is 5. The highest BCUT2D eigenvalue weighted by atomic mass is 32.2. The summed E-state index contributed by atoms with van der Waals surface area (Å²) in [6.45, 7) is 5.90. The van der Waals surface area contributed by atoms with Gasteiger partial charge in [0.05, 0.1) is 16.3 Å². The van der Waals surface area contributed by atoms with E-state index in [-0.39, 0.29) is 23.0 Å². The molecule has 1 N–H and O–H groups in total. The zero-order chi connectivity index (χ0) is 21.0. The highest BCUT2D eigenvalue weighted by Gasteiger charge is 2.20. The van der Waals surface area contributed by atoms with Gasteiger partial charge < -0.3 is 9.84 Å². The predicted octanol–water partition coefficient (Wildman–Crippen LogP) is 3.75. The predicted molar refractivity (Wildman–Crippen MR) is 111 cm³/mol. The molecule has 0 fully saturated rings. The summed E-state index contributed by atoms with van der Waals surface area (Å²) < 4.78 is 30.9. The van der Waals surface area contributed by atoms with E-state index < -0.39 is 9.84 Å². The molecule has 0 saturated heterocycles. The van der Waals surface area contributed by atoms with Crippen LogP contribution in [0.25, 0.3) is 11.3 Å². The quantitative estimate of drug-likeness (QED) is 0.638. The number of sulfone groups is 1. The van der Waals surface area contributed by atoms with Crippen LogP contribution in [-0.2, 0) is 21.2 Å². The number of nitrogens with zero attached hydrogens (tertiary/aromatic N) is 1. The van der Waals surface area contributed by atoms with Gasteiger partial charge in [-0.2, -0.15) is 0 Å². The van der Waals surface area contributed by atoms with Crippen LogP contribution in [0, 0.1) is 20.8 Å². The Morgan fingerprint density at radius 1 is 1.03 bits per heavy atom. The van der Waals surface area contributed by atoms with E-state index in [2.05, 4.69) is 10.5 Å². The average molecular weight is 413 g/mol. The molecule has 0 aliphatic carbocycles. The van der Waals surface area contributed by atoms with E-state index in [9.17, 15) is 13.2 Å². The molecule has 3 rings (SSSR count). The van der Waals surface area contributed by atoms with Crippen molar-refractivity contribution in [2.45, 2.75) is 38.6 Å². The van der Waals surface area contributed by atoms with Crippen molar-refractivity contribution in [2.24, 2.45) is 0 Å². The van der Waals surface area contributed by atoms with Crippen LogP contribution in [-0.4, -0.2) is 25.2 Å². The minimum atomic E-state index is -3.62. The van der Waals surface area contributed by atoms with E-state index in [0.29, 0.717) is 23.4 Å². The lowest BCUT2D eigenvalue weighted by Crippen LogP contribution is -2.25. The number of amides is 1. The number of aryl methyl sites for hydroxylation is 3. The summed E-state index contributed by atoms with van der Waals surface area (Å²) in [6, 6.07) is 14.7. The Kier molecular flexibility index (Phi) is 6.17. The maximum absolute atomic E-state index is 12.8. The normalized spacial score (nSPS) is 11.4. The molecule has 29 heavy (non-hydrogen) atoms. The van der Waals surface area contributed by atoms with Gasteiger partial charge >= 0.3 is 0 Å². The fourth-order valence-corrected chi connectivity index (χ4v) is 4.46. The minimum absolute atomic E-state index is 0.0979. The van der Waals surface area contributed by atoms with Gasteiger partial charge in [-0.3, -0.25) is 4.79 Å². The first-order valence-corrected chi connectivity index (χ1v) is 11.0. The van der Waals surface area contributed by atoms with E-state index in [0.717, 1.165) is 16.8 Å². The van der Waals surface area contributed by atoms with Gasteiger partial charge in [-0.25, -0.2) is 8.42 Å². The number of carbonyl (C=O) groups excluding carboxylic acids is 1. The molecule has 2 aromatic carbocycles. The zero-order valence-corrected chi connectivity index (χ0v) is 17.5. The first kappa shape index (κ1) is 20.8. The average Bonchev–Trinajstić information content (AvgIpc) is 3.12. The van der Waals surface area contributed by atoms with Crippen LogP contribution in [0.5, 0.6) is 0 Å². The molecule has 0 saturated carbocycles. The van der Waals surface area contributed by atoms with Crippen molar-refractivity contribution in [3.8, 4) is 11.3 Å². The largest absolute Gasteiger partial charge is 0.356 e. The molecular formula is C22H24N2O4S. The number of aromatic nitrogens is 1. The van der Waals surface area contributed by atoms with Gasteiger partial charge in [0.25, 0.3) is 0 Å². The minimum Gasteiger partial charge on any atom is -0.356 e. The molecule has 0 aliphatic rings. The van der Waals surface area contributed by atoms with Crippen molar-refractivity contribution in [2.75, 3.05) is 5.75 Å². The molecule has 0 bridgehead atoms. The summed E-state index contributed by atoms with van der Waals surface area (Å²) >= 11 is 0. The second kappa shape index (κ2) is 8.61. The number of nitrogens with one attached hydrogen (secondary N) is 1. The lowest BCUT2D eigenvalue weighted by molar-refractivity contribution is -0.120. The van der Waals surface area contributed by atoms with E-state index in [1.807, 2.05) is 31.2 Å². The Hall–Kier alpha value is -2.93. The second-order valence-corrected chi connectivity index (χ2v) is 9.22. The first-order chi connectivity index (χ1) is 13.7. The standard InChI is InChI=1S/C22H24N2O4S/c1-15-4-7-18(8-5-15)14-23-22(25)10-11-29(26,27)21-13-19(9-6-16(21)2)20-12-17(3)24-28-20/h4-9,12-13H,10-11,14H2,1-3H3,(H,23,25). The summed E-state index contributed by atoms with van der Waals surface area (Å²) in [5.41, 5.74) is 4.10. The van der Waals surface area contributed by atoms with Crippen LogP contribution in [0.3, 0.4) is 0 Å². The lowest BCUT2D eigenvalue weighted by Gasteiger charge is -2.10. The van der Waals surface area contributed by atoms with Crippen LogP contribution in [0.4, 0.5) is 0 Å². The fraction of sp³-hybridized carbons (Fsp3) is 0.273. The fourth-order valence-electron chi connectivity index (χ4n) is 2.92. The number of hydrogen-bond donors (Lipinski definition) is 1. The van der Waals surface area contributed by atoms with Crippen molar-refractivity contribution >= 4 is 15.7 Å². The molecule has 0 aliphatic heterocycles. The van der Waals surface area contributed by atoms with Gasteiger partial charge in [0.2, 0.25) is 5.91 Å². The molecule has 6 nitrogen and oxygen atoms in total. The van der Waals surface area contributed by atoms with Crippen LogP contribution in [0.15, 0.2) is 57.9 Å². The molecule has 0 atom stereocenters. The lowest BCUT2D eigenvalue weighted by atomic mass is 10.1. The monoisotopic (exact) mass is 412 g/mol. The smallest absolute Gasteiger partial charge is 0.221 e. The van der Waals surface area contributed by atoms with Gasteiger partial charge in [-0.05, 0) is 38.0 Å². The Labute approximate surface area is 170 Å². The van der Waals surface area contributed by atoms with Gasteiger partial charge in [0.1, 0.15) is 0 Å². The molecule has 3 aromatic rings. The molecule has 0 spiro atoms. The third-order valence-electron chi connectivity index (χ3n) is 4.64. The summed E-state index contributed by atoms with van der Waals surface area (Å²) in [4.78, 5) is 12.3. The SMILES string of the molecule is Cc1ccc(CNC(=O)CCS(=O)(=O)c2cc(-c3cc(C)no3)ccc2C)cc1. The van der Waals surface area contributed by atoms with Crippen LogP contribution < -0.4 is 5.32 Å². The molecular weight excluding hydrogens is 388 g/mol. The van der Waals surface area contributed by atoms with E-state index in [4.69, 9.17) is 4.52 Å². The summed E-state index contributed by atoms with van der Waals surface area (Å²) in [7, 11) is -3.62. The van der Waals surface area contributed by atoms with Crippen molar-refractivity contribution < 1.29 is 17.7 Å². The molecule has 0 radical (unpaired) electrons. The highest BCUT2D eigenvalue weighted by molar-refractivity contribution is 7.91. The Balaban J connectivity index is 1.66. The second-order valence-electron chi connectivity index (χ2n) is 7.14. The molecule has 1 aromatic heterocycles. The van der Waals surface area contributed by atoms with Crippen molar-refractivity contribution in [3.63, 3.8) is 0 Å². The van der Waals surface area contributed by atoms with Crippen molar-refractivity contribution in [3.05, 3.63) is 70.9 Å². The third-order valence-corrected chi connectivity index (χ3v) is 6.50. The Morgan fingerprint density at radius 2 is 1.76 bits per heavy atom. The number of benzene rings is 2. The van der Waals surface area contributed by atoms with Crippen molar-refractivity contribution in [1.82, 2.24) is 10.5 Å². The summed E-state index contributed by atoms with van der Waals surface area (Å²) in [5.74, 6) is -0.0458. The molecule has 1 amide bonds. The molecule has 1 heterocycles. The molecule has 0 unspecified atom stereocenters. The van der Waals surface area contributed by atoms with Gasteiger partial charge in [-0.15, -0.1) is 0 Å².